The Morgan fingerprint density at radius 2 is 1.97 bits per heavy atom. The van der Waals surface area contributed by atoms with E-state index in [0.717, 1.165) is 11.3 Å². The van der Waals surface area contributed by atoms with Gasteiger partial charge in [-0.25, -0.2) is 9.07 Å². The fourth-order valence-electron chi connectivity index (χ4n) is 3.00. The van der Waals surface area contributed by atoms with Crippen LogP contribution in [0.1, 0.15) is 47.1 Å². The van der Waals surface area contributed by atoms with Gasteiger partial charge in [-0.3, -0.25) is 4.79 Å². The van der Waals surface area contributed by atoms with E-state index in [2.05, 4.69) is 15.6 Å². The summed E-state index contributed by atoms with van der Waals surface area (Å²) < 4.78 is 20.3. The summed E-state index contributed by atoms with van der Waals surface area (Å²) in [7, 11) is 1.60. The average Bonchev–Trinajstić information content (AvgIpc) is 3.21. The number of aliphatic hydroxyl groups excluding tert-OH is 1. The van der Waals surface area contributed by atoms with Gasteiger partial charge in [0.1, 0.15) is 17.7 Å². The van der Waals surface area contributed by atoms with Gasteiger partial charge >= 0.3 is 0 Å². The van der Waals surface area contributed by atoms with Crippen LogP contribution in [0.2, 0.25) is 0 Å². The van der Waals surface area contributed by atoms with Gasteiger partial charge < -0.3 is 15.2 Å². The lowest BCUT2D eigenvalue weighted by atomic mass is 10.0. The number of hydrogen-bond acceptors (Lipinski definition) is 5. The first-order valence-electron chi connectivity index (χ1n) is 9.29. The lowest BCUT2D eigenvalue weighted by molar-refractivity contribution is 0.0930. The van der Waals surface area contributed by atoms with Crippen LogP contribution in [-0.4, -0.2) is 33.1 Å². The maximum absolute atomic E-state index is 13.8. The second-order valence-electron chi connectivity index (χ2n) is 6.57. The molecule has 2 atom stereocenters. The second-order valence-corrected chi connectivity index (χ2v) is 6.57. The van der Waals surface area contributed by atoms with Crippen molar-refractivity contribution in [3.05, 3.63) is 77.4 Å². The number of ether oxygens (including phenoxy) is 1. The van der Waals surface area contributed by atoms with E-state index in [1.807, 2.05) is 31.2 Å². The number of nitrogens with one attached hydrogen (secondary N) is 1. The summed E-state index contributed by atoms with van der Waals surface area (Å²) >= 11 is 0. The van der Waals surface area contributed by atoms with Gasteiger partial charge in [0, 0.05) is 5.56 Å². The van der Waals surface area contributed by atoms with Crippen molar-refractivity contribution in [3.63, 3.8) is 0 Å². The highest BCUT2D eigenvalue weighted by Crippen LogP contribution is 2.21. The highest BCUT2D eigenvalue weighted by atomic mass is 19.1. The van der Waals surface area contributed by atoms with E-state index in [4.69, 9.17) is 4.74 Å². The van der Waals surface area contributed by atoms with Gasteiger partial charge in [-0.2, -0.15) is 0 Å². The highest BCUT2D eigenvalue weighted by molar-refractivity contribution is 5.92. The first-order valence-corrected chi connectivity index (χ1v) is 9.29. The van der Waals surface area contributed by atoms with Crippen molar-refractivity contribution >= 4 is 5.91 Å². The van der Waals surface area contributed by atoms with Crippen LogP contribution in [0.25, 0.3) is 0 Å². The van der Waals surface area contributed by atoms with Crippen LogP contribution in [0.3, 0.4) is 0 Å². The molecule has 3 rings (SSSR count). The zero-order valence-corrected chi connectivity index (χ0v) is 16.2. The molecule has 29 heavy (non-hydrogen) atoms. The number of benzene rings is 2. The normalized spacial score (nSPS) is 13.0. The Hall–Kier alpha value is -3.26. The molecule has 0 bridgehead atoms. The third kappa shape index (κ3) is 4.97. The minimum absolute atomic E-state index is 0.0170. The molecule has 0 radical (unpaired) electrons. The summed E-state index contributed by atoms with van der Waals surface area (Å²) in [6.07, 6.45) is 1.02. The summed E-state index contributed by atoms with van der Waals surface area (Å²) in [5.41, 5.74) is 1.24. The van der Waals surface area contributed by atoms with Crippen LogP contribution in [0.15, 0.2) is 54.7 Å². The van der Waals surface area contributed by atoms with E-state index in [0.29, 0.717) is 6.42 Å². The molecule has 2 N–H and O–H groups in total. The van der Waals surface area contributed by atoms with Gasteiger partial charge in [-0.15, -0.1) is 5.10 Å². The Morgan fingerprint density at radius 3 is 2.62 bits per heavy atom. The van der Waals surface area contributed by atoms with Crippen molar-refractivity contribution in [1.29, 1.82) is 0 Å². The number of halogens is 1. The maximum atomic E-state index is 13.8. The molecule has 0 spiro atoms. The highest BCUT2D eigenvalue weighted by Gasteiger charge is 2.19. The van der Waals surface area contributed by atoms with E-state index >= 15 is 0 Å². The van der Waals surface area contributed by atoms with Gasteiger partial charge in [-0.1, -0.05) is 42.5 Å². The summed E-state index contributed by atoms with van der Waals surface area (Å²) in [5.74, 6) is -0.131. The molecule has 2 aromatic carbocycles. The number of rotatable bonds is 8. The number of methoxy groups -OCH3 is 1. The summed E-state index contributed by atoms with van der Waals surface area (Å²) in [6, 6.07) is 13.3. The molecule has 0 unspecified atom stereocenters. The first-order chi connectivity index (χ1) is 14.0. The number of carbonyl (C=O) groups excluding carboxylic acids is 1. The molecule has 0 aliphatic heterocycles. The Kier molecular flexibility index (Phi) is 6.56. The van der Waals surface area contributed by atoms with E-state index < -0.39 is 11.9 Å². The second kappa shape index (κ2) is 9.29. The average molecular weight is 398 g/mol. The molecule has 0 fully saturated rings. The van der Waals surface area contributed by atoms with Crippen LogP contribution in [0.5, 0.6) is 5.75 Å². The van der Waals surface area contributed by atoms with Gasteiger partial charge in [0.05, 0.1) is 25.9 Å². The van der Waals surface area contributed by atoms with Crippen LogP contribution in [0.4, 0.5) is 4.39 Å². The van der Waals surface area contributed by atoms with Crippen LogP contribution < -0.4 is 10.1 Å². The van der Waals surface area contributed by atoms with Crippen molar-refractivity contribution in [2.45, 2.75) is 32.0 Å². The predicted molar refractivity (Wildman–Crippen MR) is 105 cm³/mol. The molecule has 152 valence electrons. The number of amides is 1. The lowest BCUT2D eigenvalue weighted by Gasteiger charge is -2.17. The smallest absolute Gasteiger partial charge is 0.273 e. The SMILES string of the molecule is CC[C@@H](NC(=O)c1cn(C[C@H](O)c2ccccc2F)nn1)c1ccc(OC)cc1. The molecule has 1 heterocycles. The summed E-state index contributed by atoms with van der Waals surface area (Å²) in [6.45, 7) is 1.95. The van der Waals surface area contributed by atoms with Crippen LogP contribution in [-0.2, 0) is 6.54 Å². The summed E-state index contributed by atoms with van der Waals surface area (Å²) in [5, 5.41) is 20.9. The Labute approximate surface area is 168 Å². The third-order valence-electron chi connectivity index (χ3n) is 4.63. The Bertz CT molecular complexity index is 959. The fourth-order valence-corrected chi connectivity index (χ4v) is 3.00. The third-order valence-corrected chi connectivity index (χ3v) is 4.63. The molecule has 8 heteroatoms. The molecule has 0 aliphatic rings. The summed E-state index contributed by atoms with van der Waals surface area (Å²) in [4.78, 5) is 12.6. The van der Waals surface area contributed by atoms with Gasteiger partial charge in [0.2, 0.25) is 0 Å². The minimum atomic E-state index is -1.10. The Balaban J connectivity index is 1.65. The van der Waals surface area contributed by atoms with Crippen molar-refractivity contribution in [3.8, 4) is 5.75 Å². The van der Waals surface area contributed by atoms with Crippen LogP contribution >= 0.6 is 0 Å². The molecule has 1 amide bonds. The molecule has 0 saturated heterocycles. The molecular weight excluding hydrogens is 375 g/mol. The monoisotopic (exact) mass is 398 g/mol. The van der Waals surface area contributed by atoms with Gasteiger partial charge in [-0.05, 0) is 30.2 Å². The number of nitrogens with zero attached hydrogens (tertiary/aromatic N) is 3. The zero-order chi connectivity index (χ0) is 20.8. The zero-order valence-electron chi connectivity index (χ0n) is 16.2. The van der Waals surface area contributed by atoms with Crippen molar-refractivity contribution < 1.29 is 19.0 Å². The molecule has 3 aromatic rings. The largest absolute Gasteiger partial charge is 0.497 e. The maximum Gasteiger partial charge on any atom is 0.273 e. The Morgan fingerprint density at radius 1 is 1.24 bits per heavy atom. The molecule has 7 nitrogen and oxygen atoms in total. The van der Waals surface area contributed by atoms with Crippen molar-refractivity contribution in [2.24, 2.45) is 0 Å². The van der Waals surface area contributed by atoms with Crippen molar-refractivity contribution in [2.75, 3.05) is 7.11 Å². The number of hydrogen-bond donors (Lipinski definition) is 2. The molecular formula is C21H23FN4O3. The lowest BCUT2D eigenvalue weighted by Crippen LogP contribution is -2.28. The molecule has 0 saturated carbocycles. The van der Waals surface area contributed by atoms with Gasteiger partial charge in [0.25, 0.3) is 5.91 Å². The van der Waals surface area contributed by atoms with Crippen LogP contribution in [0, 0.1) is 5.82 Å². The van der Waals surface area contributed by atoms with E-state index in [-0.39, 0.29) is 29.8 Å². The standard InChI is InChI=1S/C21H23FN4O3/c1-3-18(14-8-10-15(29-2)11-9-14)23-21(28)19-12-26(25-24-19)13-20(27)16-6-4-5-7-17(16)22/h4-12,18,20,27H,3,13H2,1-2H3,(H,23,28)/t18-,20+/m1/s1. The molecule has 1 aromatic heterocycles. The minimum Gasteiger partial charge on any atom is -0.497 e. The predicted octanol–water partition coefficient (Wildman–Crippen LogP) is 3.04. The van der Waals surface area contributed by atoms with Crippen molar-refractivity contribution in [1.82, 2.24) is 20.3 Å². The van der Waals surface area contributed by atoms with E-state index in [1.54, 1.807) is 19.2 Å². The quantitative estimate of drug-likeness (QED) is 0.609. The fraction of sp³-hybridized carbons (Fsp3) is 0.286. The number of aromatic nitrogens is 3. The van der Waals surface area contributed by atoms with E-state index in [9.17, 15) is 14.3 Å². The van der Waals surface area contributed by atoms with E-state index in [1.165, 1.54) is 23.0 Å². The molecule has 0 aliphatic carbocycles. The topological polar surface area (TPSA) is 89.3 Å². The first kappa shape index (κ1) is 20.5. The number of carbonyl (C=O) groups is 1. The van der Waals surface area contributed by atoms with Gasteiger partial charge in [0.15, 0.2) is 5.69 Å². The number of aliphatic hydroxyl groups is 1.